The van der Waals surface area contributed by atoms with Gasteiger partial charge in [0.1, 0.15) is 11.3 Å². The molecule has 3 rings (SSSR count). The van der Waals surface area contributed by atoms with Crippen LogP contribution in [0.3, 0.4) is 0 Å². The predicted molar refractivity (Wildman–Crippen MR) is 126 cm³/mol. The molecular weight excluding hydrogens is 480 g/mol. The largest absolute Gasteiger partial charge is 0.302 e. The van der Waals surface area contributed by atoms with Crippen molar-refractivity contribution < 1.29 is 22.0 Å². The van der Waals surface area contributed by atoms with Gasteiger partial charge in [0, 0.05) is 31.0 Å². The summed E-state index contributed by atoms with van der Waals surface area (Å²) in [5.41, 5.74) is 0.167. The molecule has 2 aromatic carbocycles. The maximum atomic E-state index is 14.2. The van der Waals surface area contributed by atoms with Crippen LogP contribution in [-0.4, -0.2) is 56.6 Å². The fourth-order valence-corrected chi connectivity index (χ4v) is 4.84. The fraction of sp³-hybridized carbons (Fsp3) is 0.333. The van der Waals surface area contributed by atoms with Gasteiger partial charge in [0.05, 0.1) is 9.60 Å². The van der Waals surface area contributed by atoms with Gasteiger partial charge in [-0.15, -0.1) is 12.4 Å². The van der Waals surface area contributed by atoms with Gasteiger partial charge in [0.25, 0.3) is 5.91 Å². The summed E-state index contributed by atoms with van der Waals surface area (Å²) in [7, 11) is -3.50. The third-order valence-electron chi connectivity index (χ3n) is 4.92. The standard InChI is InChI=1S/C21H23F2N3O3S2.ClH/c1-4-25(5-2)9-10-26(20(27)14-7-6-8-16(11-14)31(3,28)29)21-24-19-17(23)12-15(22)13-18(19)30-21;/h6-8,11-13H,4-5,9-10H2,1-3H3;1H. The highest BCUT2D eigenvalue weighted by atomic mass is 35.5. The third kappa shape index (κ3) is 5.80. The zero-order chi connectivity index (χ0) is 22.8. The average molecular weight is 504 g/mol. The Bertz CT molecular complexity index is 1210. The van der Waals surface area contributed by atoms with E-state index in [-0.39, 0.29) is 44.8 Å². The lowest BCUT2D eigenvalue weighted by Gasteiger charge is -2.24. The summed E-state index contributed by atoms with van der Waals surface area (Å²) in [6.07, 6.45) is 1.07. The monoisotopic (exact) mass is 503 g/mol. The quantitative estimate of drug-likeness (QED) is 0.456. The Morgan fingerprint density at radius 2 is 1.78 bits per heavy atom. The second-order valence-electron chi connectivity index (χ2n) is 7.01. The summed E-state index contributed by atoms with van der Waals surface area (Å²) in [5, 5.41) is 0.224. The van der Waals surface area contributed by atoms with Gasteiger partial charge in [-0.2, -0.15) is 0 Å². The predicted octanol–water partition coefficient (Wildman–Crippen LogP) is 4.39. The molecule has 0 fully saturated rings. The number of hydrogen-bond donors (Lipinski definition) is 0. The molecule has 32 heavy (non-hydrogen) atoms. The third-order valence-corrected chi connectivity index (χ3v) is 7.06. The lowest BCUT2D eigenvalue weighted by atomic mass is 10.2. The first-order chi connectivity index (χ1) is 14.6. The summed E-state index contributed by atoms with van der Waals surface area (Å²) in [6, 6.07) is 7.69. The normalized spacial score (nSPS) is 11.6. The topological polar surface area (TPSA) is 70.6 Å². The lowest BCUT2D eigenvalue weighted by Crippen LogP contribution is -2.39. The highest BCUT2D eigenvalue weighted by Crippen LogP contribution is 2.32. The van der Waals surface area contributed by atoms with Crippen LogP contribution in [0.1, 0.15) is 24.2 Å². The molecule has 1 heterocycles. The minimum atomic E-state index is -3.50. The Kier molecular flexibility index (Phi) is 8.69. The number of hydrogen-bond acceptors (Lipinski definition) is 6. The summed E-state index contributed by atoms with van der Waals surface area (Å²) in [5.74, 6) is -1.98. The van der Waals surface area contributed by atoms with Crippen molar-refractivity contribution >= 4 is 54.8 Å². The smallest absolute Gasteiger partial charge is 0.260 e. The number of carbonyl (C=O) groups excluding carboxylic acids is 1. The van der Waals surface area contributed by atoms with E-state index in [1.54, 1.807) is 0 Å². The van der Waals surface area contributed by atoms with E-state index in [1.165, 1.54) is 35.2 Å². The van der Waals surface area contributed by atoms with Gasteiger partial charge in [0.15, 0.2) is 20.8 Å². The summed E-state index contributed by atoms with van der Waals surface area (Å²) in [6.45, 7) is 6.36. The van der Waals surface area contributed by atoms with Crippen molar-refractivity contribution in [2.45, 2.75) is 18.7 Å². The fourth-order valence-electron chi connectivity index (χ4n) is 3.14. The molecule has 0 aliphatic rings. The maximum Gasteiger partial charge on any atom is 0.260 e. The number of anilines is 1. The Morgan fingerprint density at radius 3 is 2.41 bits per heavy atom. The minimum Gasteiger partial charge on any atom is -0.302 e. The van der Waals surface area contributed by atoms with Crippen LogP contribution < -0.4 is 4.90 Å². The molecule has 0 aliphatic carbocycles. The number of amides is 1. The van der Waals surface area contributed by atoms with E-state index < -0.39 is 27.4 Å². The number of rotatable bonds is 8. The number of sulfone groups is 1. The molecule has 11 heteroatoms. The number of nitrogens with zero attached hydrogens (tertiary/aromatic N) is 3. The molecular formula is C21H24ClF2N3O3S2. The van der Waals surface area contributed by atoms with Gasteiger partial charge < -0.3 is 4.90 Å². The van der Waals surface area contributed by atoms with Crippen molar-refractivity contribution in [2.75, 3.05) is 37.3 Å². The molecule has 174 valence electrons. The summed E-state index contributed by atoms with van der Waals surface area (Å²) in [4.78, 5) is 21.1. The van der Waals surface area contributed by atoms with Gasteiger partial charge in [0.2, 0.25) is 0 Å². The van der Waals surface area contributed by atoms with Crippen molar-refractivity contribution in [2.24, 2.45) is 0 Å². The Hall–Kier alpha value is -2.14. The molecule has 0 unspecified atom stereocenters. The first-order valence-electron chi connectivity index (χ1n) is 9.74. The van der Waals surface area contributed by atoms with E-state index >= 15 is 0 Å². The number of thiazole rings is 1. The van der Waals surface area contributed by atoms with Crippen LogP contribution >= 0.6 is 23.7 Å². The van der Waals surface area contributed by atoms with Crippen LogP contribution in [0, 0.1) is 11.6 Å². The summed E-state index contributed by atoms with van der Waals surface area (Å²) >= 11 is 1.01. The van der Waals surface area contributed by atoms with Crippen LogP contribution in [0.15, 0.2) is 41.3 Å². The van der Waals surface area contributed by atoms with Crippen LogP contribution in [0.25, 0.3) is 10.2 Å². The number of benzene rings is 2. The Labute approximate surface area is 196 Å². The average Bonchev–Trinajstić information content (AvgIpc) is 3.14. The highest BCUT2D eigenvalue weighted by molar-refractivity contribution is 7.90. The van der Waals surface area contributed by atoms with Gasteiger partial charge in [-0.3, -0.25) is 9.69 Å². The number of likely N-dealkylation sites (N-methyl/N-ethyl adjacent to an activating group) is 1. The molecule has 0 spiro atoms. The molecule has 0 saturated heterocycles. The molecule has 6 nitrogen and oxygen atoms in total. The number of fused-ring (bicyclic) bond motifs is 1. The van der Waals surface area contributed by atoms with Crippen molar-refractivity contribution in [3.8, 4) is 0 Å². The first kappa shape index (κ1) is 26.1. The van der Waals surface area contributed by atoms with E-state index in [2.05, 4.69) is 9.88 Å². The number of halogens is 3. The first-order valence-corrected chi connectivity index (χ1v) is 12.4. The van der Waals surface area contributed by atoms with Crippen molar-refractivity contribution in [3.63, 3.8) is 0 Å². The molecule has 3 aromatic rings. The second-order valence-corrected chi connectivity index (χ2v) is 10.0. The molecule has 0 aliphatic heterocycles. The molecule has 0 radical (unpaired) electrons. The highest BCUT2D eigenvalue weighted by Gasteiger charge is 2.24. The van der Waals surface area contributed by atoms with E-state index in [0.29, 0.717) is 6.54 Å². The van der Waals surface area contributed by atoms with E-state index in [9.17, 15) is 22.0 Å². The van der Waals surface area contributed by atoms with Crippen LogP contribution in [0.2, 0.25) is 0 Å². The zero-order valence-corrected chi connectivity index (χ0v) is 20.3. The maximum absolute atomic E-state index is 14.2. The van der Waals surface area contributed by atoms with Crippen molar-refractivity contribution in [1.29, 1.82) is 0 Å². The minimum absolute atomic E-state index is 0. The van der Waals surface area contributed by atoms with E-state index in [4.69, 9.17) is 0 Å². The summed E-state index contributed by atoms with van der Waals surface area (Å²) < 4.78 is 51.9. The van der Waals surface area contributed by atoms with E-state index in [1.807, 2.05) is 13.8 Å². The van der Waals surface area contributed by atoms with Crippen LogP contribution in [0.5, 0.6) is 0 Å². The van der Waals surface area contributed by atoms with Gasteiger partial charge in [-0.25, -0.2) is 22.2 Å². The van der Waals surface area contributed by atoms with Crippen molar-refractivity contribution in [3.05, 3.63) is 53.6 Å². The molecule has 0 bridgehead atoms. The molecule has 1 aromatic heterocycles. The zero-order valence-electron chi connectivity index (χ0n) is 17.8. The lowest BCUT2D eigenvalue weighted by molar-refractivity contribution is 0.0983. The molecule has 0 N–H and O–H groups in total. The molecule has 1 amide bonds. The second kappa shape index (κ2) is 10.7. The van der Waals surface area contributed by atoms with Crippen LogP contribution in [0.4, 0.5) is 13.9 Å². The van der Waals surface area contributed by atoms with Gasteiger partial charge in [-0.05, 0) is 37.4 Å². The Balaban J connectivity index is 0.00000363. The number of carbonyl (C=O) groups is 1. The van der Waals surface area contributed by atoms with Gasteiger partial charge >= 0.3 is 0 Å². The SMILES string of the molecule is CCN(CC)CCN(C(=O)c1cccc(S(C)(=O)=O)c1)c1nc2c(F)cc(F)cc2s1.Cl. The molecule has 0 saturated carbocycles. The Morgan fingerprint density at radius 1 is 1.09 bits per heavy atom. The van der Waals surface area contributed by atoms with E-state index in [0.717, 1.165) is 36.7 Å². The van der Waals surface area contributed by atoms with Crippen LogP contribution in [-0.2, 0) is 9.84 Å². The molecule has 0 atom stereocenters. The number of aromatic nitrogens is 1. The van der Waals surface area contributed by atoms with Gasteiger partial charge in [-0.1, -0.05) is 31.3 Å². The van der Waals surface area contributed by atoms with Crippen molar-refractivity contribution in [1.82, 2.24) is 9.88 Å².